The number of amides is 1. The number of nitrogens with one attached hydrogen (secondary N) is 2. The summed E-state index contributed by atoms with van der Waals surface area (Å²) in [5.74, 6) is 0.379. The van der Waals surface area contributed by atoms with E-state index in [1.165, 1.54) is 6.26 Å². The third-order valence-electron chi connectivity index (χ3n) is 4.60. The van der Waals surface area contributed by atoms with Crippen molar-refractivity contribution >= 4 is 22.6 Å². The molecule has 3 aromatic heterocycles. The molecule has 0 unspecified atom stereocenters. The summed E-state index contributed by atoms with van der Waals surface area (Å²) < 4.78 is 5.46. The van der Waals surface area contributed by atoms with Gasteiger partial charge in [0.1, 0.15) is 18.3 Å². The molecule has 0 bridgehead atoms. The normalized spacial score (nSPS) is 17.2. The number of fused-ring (bicyclic) bond motifs is 1. The Bertz CT molecular complexity index is 956. The van der Waals surface area contributed by atoms with Crippen LogP contribution in [-0.2, 0) is 4.79 Å². The molecular formula is C18H18N6O2. The lowest BCUT2D eigenvalue weighted by Crippen LogP contribution is -2.45. The summed E-state index contributed by atoms with van der Waals surface area (Å²) in [5, 5.41) is 13.3. The highest BCUT2D eigenvalue weighted by Crippen LogP contribution is 2.33. The fourth-order valence-corrected chi connectivity index (χ4v) is 3.39. The van der Waals surface area contributed by atoms with Gasteiger partial charge >= 0.3 is 0 Å². The van der Waals surface area contributed by atoms with Crippen molar-refractivity contribution in [2.45, 2.75) is 25.3 Å². The largest absolute Gasteiger partial charge is 0.444 e. The zero-order chi connectivity index (χ0) is 17.9. The number of pyridine rings is 1. The van der Waals surface area contributed by atoms with Crippen LogP contribution in [0.3, 0.4) is 0 Å². The molecule has 1 aliphatic rings. The Kier molecular flexibility index (Phi) is 4.27. The fourth-order valence-electron chi connectivity index (χ4n) is 3.39. The summed E-state index contributed by atoms with van der Waals surface area (Å²) in [6.45, 7) is 1.26. The number of nitriles is 1. The fraction of sp³-hybridized carbons (Fsp3) is 0.333. The number of nitrogens with zero attached hydrogens (tertiary/aromatic N) is 4. The molecule has 0 spiro atoms. The Balaban J connectivity index is 1.64. The van der Waals surface area contributed by atoms with E-state index in [9.17, 15) is 4.79 Å². The van der Waals surface area contributed by atoms with Gasteiger partial charge in [-0.25, -0.2) is 9.97 Å². The van der Waals surface area contributed by atoms with E-state index in [1.807, 2.05) is 18.3 Å². The summed E-state index contributed by atoms with van der Waals surface area (Å²) in [5.41, 5.74) is 2.44. The van der Waals surface area contributed by atoms with Crippen LogP contribution in [0.1, 0.15) is 19.3 Å². The van der Waals surface area contributed by atoms with Crippen molar-refractivity contribution in [2.75, 3.05) is 18.4 Å². The number of carbonyl (C=O) groups is 1. The Morgan fingerprint density at radius 1 is 1.50 bits per heavy atom. The van der Waals surface area contributed by atoms with Gasteiger partial charge in [0, 0.05) is 36.9 Å². The maximum absolute atomic E-state index is 12.1. The molecule has 4 heterocycles. The van der Waals surface area contributed by atoms with Crippen LogP contribution in [0.5, 0.6) is 0 Å². The van der Waals surface area contributed by atoms with Crippen molar-refractivity contribution in [1.82, 2.24) is 19.9 Å². The molecule has 8 nitrogen and oxygen atoms in total. The molecule has 1 amide bonds. The van der Waals surface area contributed by atoms with Crippen LogP contribution in [0.15, 0.2) is 35.3 Å². The second kappa shape index (κ2) is 6.88. The predicted molar refractivity (Wildman–Crippen MR) is 95.0 cm³/mol. The average molecular weight is 350 g/mol. The minimum Gasteiger partial charge on any atom is -0.444 e. The molecule has 132 valence electrons. The van der Waals surface area contributed by atoms with Crippen LogP contribution in [0.4, 0.5) is 5.69 Å². The monoisotopic (exact) mass is 350 g/mol. The first kappa shape index (κ1) is 16.1. The van der Waals surface area contributed by atoms with Gasteiger partial charge in [0.15, 0.2) is 0 Å². The van der Waals surface area contributed by atoms with E-state index in [-0.39, 0.29) is 18.4 Å². The van der Waals surface area contributed by atoms with Crippen LogP contribution in [0, 0.1) is 11.3 Å². The second-order valence-corrected chi connectivity index (χ2v) is 6.28. The van der Waals surface area contributed by atoms with Crippen molar-refractivity contribution < 1.29 is 9.21 Å². The molecule has 4 rings (SSSR count). The molecule has 2 N–H and O–H groups in total. The topological polar surface area (TPSA) is 111 Å². The van der Waals surface area contributed by atoms with Gasteiger partial charge < -0.3 is 19.6 Å². The number of aromatic amines is 1. The minimum atomic E-state index is -0.117. The predicted octanol–water partition coefficient (Wildman–Crippen LogP) is 2.53. The third kappa shape index (κ3) is 2.99. The van der Waals surface area contributed by atoms with Crippen LogP contribution in [-0.4, -0.2) is 44.9 Å². The van der Waals surface area contributed by atoms with E-state index in [2.05, 4.69) is 20.3 Å². The molecule has 0 aliphatic carbocycles. The first-order chi connectivity index (χ1) is 12.8. The van der Waals surface area contributed by atoms with Gasteiger partial charge in [-0.2, -0.15) is 5.26 Å². The van der Waals surface area contributed by atoms with Gasteiger partial charge in [0.25, 0.3) is 0 Å². The average Bonchev–Trinajstić information content (AvgIpc) is 3.34. The van der Waals surface area contributed by atoms with E-state index in [0.717, 1.165) is 35.1 Å². The smallest absolute Gasteiger partial charge is 0.236 e. The van der Waals surface area contributed by atoms with Gasteiger partial charge in [0.2, 0.25) is 11.8 Å². The van der Waals surface area contributed by atoms with Gasteiger partial charge in [-0.15, -0.1) is 0 Å². The quantitative estimate of drug-likeness (QED) is 0.748. The Labute approximate surface area is 149 Å². The van der Waals surface area contributed by atoms with E-state index in [0.29, 0.717) is 19.0 Å². The summed E-state index contributed by atoms with van der Waals surface area (Å²) in [4.78, 5) is 25.6. The van der Waals surface area contributed by atoms with Crippen LogP contribution >= 0.6 is 0 Å². The van der Waals surface area contributed by atoms with Crippen LogP contribution < -0.4 is 5.32 Å². The van der Waals surface area contributed by atoms with Gasteiger partial charge in [-0.1, -0.05) is 0 Å². The molecule has 8 heteroatoms. The summed E-state index contributed by atoms with van der Waals surface area (Å²) in [6.07, 6.45) is 8.46. The van der Waals surface area contributed by atoms with E-state index in [4.69, 9.17) is 9.68 Å². The zero-order valence-electron chi connectivity index (χ0n) is 14.1. The first-order valence-electron chi connectivity index (χ1n) is 8.53. The van der Waals surface area contributed by atoms with Crippen molar-refractivity contribution in [3.63, 3.8) is 0 Å². The molecule has 1 atom stereocenters. The summed E-state index contributed by atoms with van der Waals surface area (Å²) in [7, 11) is 0. The standard InChI is InChI=1S/C18H18N6O2/c19-5-3-15(25)24-8-1-2-12(11-24)23-16-13-4-6-20-17(13)22-10-14(16)18-21-7-9-26-18/h4,6-7,9-10,12H,1-3,8,11H2,(H2,20,22,23)/t12-/m1/s1. The number of hydrogen-bond acceptors (Lipinski definition) is 6. The van der Waals surface area contributed by atoms with Gasteiger partial charge in [0.05, 0.1) is 23.5 Å². The van der Waals surface area contributed by atoms with E-state index >= 15 is 0 Å². The lowest BCUT2D eigenvalue weighted by atomic mass is 10.0. The Hall–Kier alpha value is -3.34. The van der Waals surface area contributed by atoms with Crippen molar-refractivity contribution in [1.29, 1.82) is 5.26 Å². The number of piperidine rings is 1. The minimum absolute atomic E-state index is 0.0778. The molecule has 26 heavy (non-hydrogen) atoms. The summed E-state index contributed by atoms with van der Waals surface area (Å²) >= 11 is 0. The zero-order valence-corrected chi connectivity index (χ0v) is 14.1. The Morgan fingerprint density at radius 3 is 3.23 bits per heavy atom. The maximum Gasteiger partial charge on any atom is 0.236 e. The number of hydrogen-bond donors (Lipinski definition) is 2. The number of rotatable bonds is 4. The first-order valence-corrected chi connectivity index (χ1v) is 8.53. The highest BCUT2D eigenvalue weighted by atomic mass is 16.3. The lowest BCUT2D eigenvalue weighted by molar-refractivity contribution is -0.131. The second-order valence-electron chi connectivity index (χ2n) is 6.28. The number of oxazole rings is 1. The molecule has 3 aromatic rings. The number of anilines is 1. The van der Waals surface area contributed by atoms with Gasteiger partial charge in [-0.3, -0.25) is 4.79 Å². The van der Waals surface area contributed by atoms with Crippen molar-refractivity contribution in [2.24, 2.45) is 0 Å². The SMILES string of the molecule is N#CCC(=O)N1CCC[C@@H](Nc2c(-c3ncco3)cnc3[nH]ccc23)C1. The number of H-pyrrole nitrogens is 1. The molecule has 1 saturated heterocycles. The molecule has 0 radical (unpaired) electrons. The van der Waals surface area contributed by atoms with E-state index in [1.54, 1.807) is 17.3 Å². The summed E-state index contributed by atoms with van der Waals surface area (Å²) in [6, 6.07) is 3.97. The number of aromatic nitrogens is 3. The molecular weight excluding hydrogens is 332 g/mol. The number of carbonyl (C=O) groups excluding carboxylic acids is 1. The highest BCUT2D eigenvalue weighted by Gasteiger charge is 2.25. The molecule has 0 saturated carbocycles. The Morgan fingerprint density at radius 2 is 2.42 bits per heavy atom. The van der Waals surface area contributed by atoms with Crippen molar-refractivity contribution in [3.05, 3.63) is 30.9 Å². The van der Waals surface area contributed by atoms with Crippen LogP contribution in [0.25, 0.3) is 22.5 Å². The third-order valence-corrected chi connectivity index (χ3v) is 4.60. The van der Waals surface area contributed by atoms with Crippen molar-refractivity contribution in [3.8, 4) is 17.5 Å². The lowest BCUT2D eigenvalue weighted by Gasteiger charge is -2.33. The van der Waals surface area contributed by atoms with Gasteiger partial charge in [-0.05, 0) is 18.9 Å². The molecule has 1 aliphatic heterocycles. The molecule has 0 aromatic carbocycles. The van der Waals surface area contributed by atoms with Crippen LogP contribution in [0.2, 0.25) is 0 Å². The number of likely N-dealkylation sites (tertiary alicyclic amines) is 1. The highest BCUT2D eigenvalue weighted by molar-refractivity contribution is 5.97. The molecule has 1 fully saturated rings. The maximum atomic E-state index is 12.1. The van der Waals surface area contributed by atoms with E-state index < -0.39 is 0 Å².